The van der Waals surface area contributed by atoms with Gasteiger partial charge in [0.05, 0.1) is 0 Å². The molecule has 2 heteroatoms. The lowest BCUT2D eigenvalue weighted by atomic mass is 10.1. The molecule has 2 nitrogen and oxygen atoms in total. The summed E-state index contributed by atoms with van der Waals surface area (Å²) in [6.45, 7) is 1.08. The van der Waals surface area contributed by atoms with Crippen LogP contribution in [0.15, 0.2) is 48.5 Å². The Morgan fingerprint density at radius 1 is 1.12 bits per heavy atom. The standard InChI is InChI=1S/C14H14NO/c15-9-10-16-14-8-4-7-13(11-14)12-5-2-1-3-6-12/h1-2,4-8,11H,9-10,15H2. The minimum Gasteiger partial charge on any atom is -0.492 e. The van der Waals surface area contributed by atoms with Crippen molar-refractivity contribution in [3.05, 3.63) is 54.6 Å². The first-order valence-electron chi connectivity index (χ1n) is 5.29. The van der Waals surface area contributed by atoms with Crippen LogP contribution in [0.3, 0.4) is 0 Å². The van der Waals surface area contributed by atoms with Crippen molar-refractivity contribution in [3.8, 4) is 16.9 Å². The molecule has 0 bridgehead atoms. The minimum atomic E-state index is 0.531. The maximum absolute atomic E-state index is 5.48. The van der Waals surface area contributed by atoms with Gasteiger partial charge in [-0.1, -0.05) is 30.3 Å². The molecule has 2 aromatic carbocycles. The predicted octanol–water partition coefficient (Wildman–Crippen LogP) is 2.49. The van der Waals surface area contributed by atoms with E-state index in [-0.39, 0.29) is 0 Å². The molecule has 0 aromatic heterocycles. The van der Waals surface area contributed by atoms with E-state index < -0.39 is 0 Å². The smallest absolute Gasteiger partial charge is 0.119 e. The molecule has 0 saturated heterocycles. The third-order valence-corrected chi connectivity index (χ3v) is 2.26. The summed E-state index contributed by atoms with van der Waals surface area (Å²) in [7, 11) is 0. The van der Waals surface area contributed by atoms with Crippen molar-refractivity contribution < 1.29 is 4.74 Å². The molecule has 1 radical (unpaired) electrons. The minimum absolute atomic E-state index is 0.531. The lowest BCUT2D eigenvalue weighted by Gasteiger charge is -2.06. The molecule has 0 saturated carbocycles. The van der Waals surface area contributed by atoms with E-state index in [1.165, 1.54) is 0 Å². The van der Waals surface area contributed by atoms with Gasteiger partial charge in [-0.2, -0.15) is 0 Å². The molecular weight excluding hydrogens is 198 g/mol. The molecule has 0 atom stereocenters. The second kappa shape index (κ2) is 5.33. The van der Waals surface area contributed by atoms with Gasteiger partial charge in [-0.15, -0.1) is 0 Å². The van der Waals surface area contributed by atoms with Gasteiger partial charge >= 0.3 is 0 Å². The Bertz CT molecular complexity index is 439. The van der Waals surface area contributed by atoms with Crippen molar-refractivity contribution in [1.29, 1.82) is 0 Å². The largest absolute Gasteiger partial charge is 0.492 e. The van der Waals surface area contributed by atoms with Crippen molar-refractivity contribution in [2.24, 2.45) is 5.73 Å². The summed E-state index contributed by atoms with van der Waals surface area (Å²) in [5.74, 6) is 0.854. The van der Waals surface area contributed by atoms with Gasteiger partial charge in [0, 0.05) is 6.54 Å². The second-order valence-corrected chi connectivity index (χ2v) is 3.46. The van der Waals surface area contributed by atoms with Crippen molar-refractivity contribution >= 4 is 0 Å². The Hall–Kier alpha value is -1.80. The zero-order valence-corrected chi connectivity index (χ0v) is 9.02. The molecular formula is C14H14NO. The Labute approximate surface area is 95.7 Å². The fourth-order valence-electron chi connectivity index (χ4n) is 1.52. The Kier molecular flexibility index (Phi) is 3.57. The monoisotopic (exact) mass is 212 g/mol. The highest BCUT2D eigenvalue weighted by atomic mass is 16.5. The third kappa shape index (κ3) is 2.61. The van der Waals surface area contributed by atoms with Crippen molar-refractivity contribution in [1.82, 2.24) is 0 Å². The quantitative estimate of drug-likeness (QED) is 0.845. The first kappa shape index (κ1) is 10.7. The molecule has 0 heterocycles. The van der Waals surface area contributed by atoms with Gasteiger partial charge in [-0.25, -0.2) is 0 Å². The van der Waals surface area contributed by atoms with Crippen LogP contribution >= 0.6 is 0 Å². The van der Waals surface area contributed by atoms with Crippen LogP contribution in [0.4, 0.5) is 0 Å². The molecule has 2 N–H and O–H groups in total. The van der Waals surface area contributed by atoms with E-state index >= 15 is 0 Å². The van der Waals surface area contributed by atoms with Crippen LogP contribution in [-0.2, 0) is 0 Å². The van der Waals surface area contributed by atoms with E-state index in [0.29, 0.717) is 13.2 Å². The lowest BCUT2D eigenvalue weighted by Crippen LogP contribution is -2.10. The number of benzene rings is 2. The highest BCUT2D eigenvalue weighted by molar-refractivity contribution is 5.64. The van der Waals surface area contributed by atoms with Gasteiger partial charge in [0.15, 0.2) is 0 Å². The van der Waals surface area contributed by atoms with Crippen molar-refractivity contribution in [3.63, 3.8) is 0 Å². The average Bonchev–Trinajstić information content (AvgIpc) is 2.38. The molecule has 0 spiro atoms. The number of rotatable bonds is 4. The predicted molar refractivity (Wildman–Crippen MR) is 65.3 cm³/mol. The van der Waals surface area contributed by atoms with Crippen molar-refractivity contribution in [2.45, 2.75) is 0 Å². The van der Waals surface area contributed by atoms with E-state index in [0.717, 1.165) is 16.9 Å². The number of hydrogen-bond acceptors (Lipinski definition) is 2. The third-order valence-electron chi connectivity index (χ3n) is 2.26. The molecule has 2 rings (SSSR count). The van der Waals surface area contributed by atoms with Gasteiger partial charge < -0.3 is 10.5 Å². The second-order valence-electron chi connectivity index (χ2n) is 3.46. The first-order chi connectivity index (χ1) is 7.90. The zero-order chi connectivity index (χ0) is 11.2. The van der Waals surface area contributed by atoms with E-state index in [4.69, 9.17) is 10.5 Å². The maximum atomic E-state index is 5.48. The summed E-state index contributed by atoms with van der Waals surface area (Å²) in [4.78, 5) is 0. The van der Waals surface area contributed by atoms with Crippen LogP contribution in [0.25, 0.3) is 11.1 Å². The summed E-state index contributed by atoms with van der Waals surface area (Å²) in [5, 5.41) is 0. The van der Waals surface area contributed by atoms with Crippen LogP contribution in [0, 0.1) is 6.07 Å². The van der Waals surface area contributed by atoms with Crippen molar-refractivity contribution in [2.75, 3.05) is 13.2 Å². The summed E-state index contributed by atoms with van der Waals surface area (Å²) in [5.41, 5.74) is 7.67. The lowest BCUT2D eigenvalue weighted by molar-refractivity contribution is 0.328. The normalized spacial score (nSPS) is 10.1. The number of hydrogen-bond donors (Lipinski definition) is 1. The average molecular weight is 212 g/mol. The summed E-state index contributed by atoms with van der Waals surface area (Å²) in [6.07, 6.45) is 0. The van der Waals surface area contributed by atoms with Crippen LogP contribution in [0.1, 0.15) is 0 Å². The molecule has 0 aliphatic heterocycles. The Balaban J connectivity index is 2.22. The van der Waals surface area contributed by atoms with Crippen LogP contribution < -0.4 is 10.5 Å². The SMILES string of the molecule is NCCOc1cccc(-c2c[c]ccc2)c1. The van der Waals surface area contributed by atoms with Gasteiger partial charge in [0.2, 0.25) is 0 Å². The van der Waals surface area contributed by atoms with Gasteiger partial charge in [0.1, 0.15) is 12.4 Å². The maximum Gasteiger partial charge on any atom is 0.119 e. The summed E-state index contributed by atoms with van der Waals surface area (Å²) >= 11 is 0. The summed E-state index contributed by atoms with van der Waals surface area (Å²) in [6, 6.07) is 18.9. The van der Waals surface area contributed by atoms with Crippen LogP contribution in [-0.4, -0.2) is 13.2 Å². The molecule has 2 aromatic rings. The molecule has 16 heavy (non-hydrogen) atoms. The number of nitrogens with two attached hydrogens (primary N) is 1. The van der Waals surface area contributed by atoms with Gasteiger partial charge in [0.25, 0.3) is 0 Å². The fraction of sp³-hybridized carbons (Fsp3) is 0.143. The zero-order valence-electron chi connectivity index (χ0n) is 9.02. The van der Waals surface area contributed by atoms with Gasteiger partial charge in [-0.05, 0) is 35.4 Å². The first-order valence-corrected chi connectivity index (χ1v) is 5.29. The van der Waals surface area contributed by atoms with Gasteiger partial charge in [-0.3, -0.25) is 0 Å². The van der Waals surface area contributed by atoms with E-state index in [9.17, 15) is 0 Å². The molecule has 0 aliphatic carbocycles. The van der Waals surface area contributed by atoms with E-state index in [2.05, 4.69) is 18.2 Å². The Morgan fingerprint density at radius 2 is 2.00 bits per heavy atom. The van der Waals surface area contributed by atoms with Crippen LogP contribution in [0.5, 0.6) is 5.75 Å². The highest BCUT2D eigenvalue weighted by Gasteiger charge is 1.98. The van der Waals surface area contributed by atoms with E-state index in [1.54, 1.807) is 0 Å². The number of ether oxygens (including phenoxy) is 1. The molecule has 81 valence electrons. The Morgan fingerprint density at radius 3 is 2.75 bits per heavy atom. The van der Waals surface area contributed by atoms with Crippen LogP contribution in [0.2, 0.25) is 0 Å². The molecule has 0 aliphatic rings. The highest BCUT2D eigenvalue weighted by Crippen LogP contribution is 2.23. The van der Waals surface area contributed by atoms with E-state index in [1.807, 2.05) is 36.4 Å². The topological polar surface area (TPSA) is 35.2 Å². The molecule has 0 fully saturated rings. The fourth-order valence-corrected chi connectivity index (χ4v) is 1.52. The molecule has 0 unspecified atom stereocenters. The summed E-state index contributed by atoms with van der Waals surface area (Å²) < 4.78 is 5.48. The molecule has 0 amide bonds.